The maximum absolute atomic E-state index is 4.22. The summed E-state index contributed by atoms with van der Waals surface area (Å²) >= 11 is 5.61. The van der Waals surface area contributed by atoms with Crippen LogP contribution < -0.4 is 0 Å². The molecule has 62 valence electrons. The molecule has 0 amide bonds. The molecule has 0 spiro atoms. The van der Waals surface area contributed by atoms with E-state index in [-0.39, 0.29) is 0 Å². The van der Waals surface area contributed by atoms with E-state index in [4.69, 9.17) is 0 Å². The molecule has 2 aromatic heterocycles. The third-order valence-electron chi connectivity index (χ3n) is 1.50. The van der Waals surface area contributed by atoms with Gasteiger partial charge in [-0.2, -0.15) is 5.10 Å². The highest BCUT2D eigenvalue weighted by Crippen LogP contribution is 2.28. The largest absolute Gasteiger partial charge is 0.247 e. The highest BCUT2D eigenvalue weighted by atomic mass is 127. The summed E-state index contributed by atoms with van der Waals surface area (Å²) in [6.45, 7) is 0. The quantitative estimate of drug-likeness (QED) is 0.447. The van der Waals surface area contributed by atoms with Gasteiger partial charge in [0.1, 0.15) is 4.60 Å². The number of aromatic nitrogens is 3. The van der Waals surface area contributed by atoms with Crippen LogP contribution in [0.15, 0.2) is 23.1 Å². The van der Waals surface area contributed by atoms with Crippen molar-refractivity contribution in [3.05, 3.63) is 23.1 Å². The van der Waals surface area contributed by atoms with E-state index < -0.39 is 0 Å². The van der Waals surface area contributed by atoms with Crippen molar-refractivity contribution in [2.45, 2.75) is 0 Å². The van der Waals surface area contributed by atoms with Crippen LogP contribution in [-0.2, 0) is 0 Å². The third kappa shape index (κ3) is 1.49. The van der Waals surface area contributed by atoms with Gasteiger partial charge in [0.15, 0.2) is 0 Å². The van der Waals surface area contributed by atoms with Crippen molar-refractivity contribution in [2.24, 2.45) is 0 Å². The molecule has 2 heterocycles. The van der Waals surface area contributed by atoms with Gasteiger partial charge >= 0.3 is 0 Å². The monoisotopic (exact) mass is 355 g/mol. The Balaban J connectivity index is 2.73. The van der Waals surface area contributed by atoms with Crippen molar-refractivity contribution in [1.29, 1.82) is 0 Å². The zero-order valence-electron chi connectivity index (χ0n) is 5.83. The van der Waals surface area contributed by atoms with Crippen molar-refractivity contribution >= 4 is 55.2 Å². The minimum Gasteiger partial charge on any atom is -0.247 e. The summed E-state index contributed by atoms with van der Waals surface area (Å²) in [5.74, 6) is 0. The Labute approximate surface area is 92.4 Å². The van der Waals surface area contributed by atoms with Gasteiger partial charge in [0.25, 0.3) is 0 Å². The fourth-order valence-electron chi connectivity index (χ4n) is 0.967. The van der Waals surface area contributed by atoms with Crippen molar-refractivity contribution in [3.63, 3.8) is 0 Å². The summed E-state index contributed by atoms with van der Waals surface area (Å²) in [5, 5.41) is 5.34. The van der Waals surface area contributed by atoms with E-state index in [1.807, 2.05) is 22.9 Å². The van der Waals surface area contributed by atoms with Crippen LogP contribution in [0.25, 0.3) is 10.9 Å². The van der Waals surface area contributed by atoms with Gasteiger partial charge in [0.2, 0.25) is 0 Å². The normalized spacial score (nSPS) is 11.8. The predicted octanol–water partition coefficient (Wildman–Crippen LogP) is 2.99. The minimum absolute atomic E-state index is 0.625. The van der Waals surface area contributed by atoms with Gasteiger partial charge in [0, 0.05) is 5.39 Å². The lowest BCUT2D eigenvalue weighted by molar-refractivity contribution is 1.04. The topological polar surface area (TPSA) is 30.7 Å². The first-order chi connectivity index (χ1) is 5.81. The van der Waals surface area contributed by atoms with Crippen molar-refractivity contribution < 1.29 is 0 Å². The molecule has 0 N–H and O–H groups in total. The Morgan fingerprint density at radius 3 is 3.08 bits per heavy atom. The fourth-order valence-corrected chi connectivity index (χ4v) is 2.85. The van der Waals surface area contributed by atoms with E-state index in [1.54, 1.807) is 0 Å². The van der Waals surface area contributed by atoms with Crippen LogP contribution >= 0.6 is 44.3 Å². The third-order valence-corrected chi connectivity index (χ3v) is 3.82. The van der Waals surface area contributed by atoms with E-state index in [2.05, 4.69) is 48.1 Å². The molecular formula is C6H4BrIN3P. The highest BCUT2D eigenvalue weighted by molar-refractivity contribution is 14.2. The molecule has 0 aliphatic rings. The Bertz CT molecular complexity index is 416. The lowest BCUT2D eigenvalue weighted by atomic mass is 10.3. The number of rotatable bonds is 1. The van der Waals surface area contributed by atoms with Crippen LogP contribution in [-0.4, -0.2) is 14.5 Å². The van der Waals surface area contributed by atoms with Crippen LogP contribution in [0.5, 0.6) is 0 Å². The van der Waals surface area contributed by atoms with Gasteiger partial charge in [-0.15, -0.1) is 0 Å². The number of pyridine rings is 1. The first-order valence-electron chi connectivity index (χ1n) is 3.17. The smallest absolute Gasteiger partial charge is 0.106 e. The van der Waals surface area contributed by atoms with Gasteiger partial charge in [-0.05, 0) is 44.0 Å². The predicted molar refractivity (Wildman–Crippen MR) is 63.0 cm³/mol. The number of nitrogens with zero attached hydrogens (tertiary/aromatic N) is 3. The van der Waals surface area contributed by atoms with Crippen molar-refractivity contribution in [3.8, 4) is 0 Å². The van der Waals surface area contributed by atoms with Crippen LogP contribution in [0.4, 0.5) is 0 Å². The summed E-state index contributed by atoms with van der Waals surface area (Å²) < 4.78 is 2.79. The molecule has 2 rings (SSSR count). The summed E-state index contributed by atoms with van der Waals surface area (Å²) in [6.07, 6.45) is 4.31. The molecule has 0 aromatic carbocycles. The highest BCUT2D eigenvalue weighted by Gasteiger charge is 2.01. The Morgan fingerprint density at radius 2 is 2.33 bits per heavy atom. The summed E-state index contributed by atoms with van der Waals surface area (Å²) in [6, 6.07) is 1.97. The summed E-state index contributed by atoms with van der Waals surface area (Å²) in [5.41, 5.74) is 1.09. The van der Waals surface area contributed by atoms with E-state index >= 15 is 0 Å². The first-order valence-corrected chi connectivity index (χ1v) is 8.02. The molecular weight excluding hydrogens is 352 g/mol. The summed E-state index contributed by atoms with van der Waals surface area (Å²) in [4.78, 5) is 4.15. The SMILES string of the molecule is Brc1cc2cnn(PI)c2cn1. The fraction of sp³-hybridized carbons (Fsp3) is 0. The second-order valence-corrected chi connectivity index (χ2v) is 5.06. The van der Waals surface area contributed by atoms with E-state index in [0.29, 0.717) is 6.37 Å². The van der Waals surface area contributed by atoms with Gasteiger partial charge < -0.3 is 0 Å². The Hall–Kier alpha value is 0.260. The molecule has 0 aliphatic carbocycles. The molecule has 12 heavy (non-hydrogen) atoms. The molecule has 1 atom stereocenters. The second kappa shape index (κ2) is 3.55. The molecule has 6 heteroatoms. The molecule has 1 unspecified atom stereocenters. The molecule has 0 saturated carbocycles. The van der Waals surface area contributed by atoms with Gasteiger partial charge in [-0.3, -0.25) is 0 Å². The lowest BCUT2D eigenvalue weighted by Crippen LogP contribution is -1.82. The molecule has 2 aromatic rings. The number of hydrogen-bond donors (Lipinski definition) is 0. The lowest BCUT2D eigenvalue weighted by Gasteiger charge is -1.95. The summed E-state index contributed by atoms with van der Waals surface area (Å²) in [7, 11) is 0. The average molecular weight is 356 g/mol. The maximum atomic E-state index is 4.22. The molecule has 3 nitrogen and oxygen atoms in total. The average Bonchev–Trinajstić information content (AvgIpc) is 2.46. The van der Waals surface area contributed by atoms with Gasteiger partial charge in [-0.1, -0.05) is 0 Å². The van der Waals surface area contributed by atoms with Crippen LogP contribution in [0, 0.1) is 0 Å². The number of hydrogen-bond acceptors (Lipinski definition) is 2. The maximum Gasteiger partial charge on any atom is 0.106 e. The van der Waals surface area contributed by atoms with E-state index in [9.17, 15) is 0 Å². The van der Waals surface area contributed by atoms with Crippen LogP contribution in [0.1, 0.15) is 0 Å². The molecule has 0 radical (unpaired) electrons. The zero-order chi connectivity index (χ0) is 8.55. The molecule has 0 bridgehead atoms. The van der Waals surface area contributed by atoms with Crippen LogP contribution in [0.3, 0.4) is 0 Å². The zero-order valence-corrected chi connectivity index (χ0v) is 10.6. The van der Waals surface area contributed by atoms with Crippen LogP contribution in [0.2, 0.25) is 0 Å². The number of halogens is 2. The number of fused-ring (bicyclic) bond motifs is 1. The molecule has 0 fully saturated rings. The van der Waals surface area contributed by atoms with Gasteiger partial charge in [0.05, 0.1) is 24.3 Å². The van der Waals surface area contributed by atoms with Gasteiger partial charge in [-0.25, -0.2) is 9.44 Å². The van der Waals surface area contributed by atoms with E-state index in [1.165, 1.54) is 0 Å². The van der Waals surface area contributed by atoms with Crippen molar-refractivity contribution in [1.82, 2.24) is 14.5 Å². The van der Waals surface area contributed by atoms with Crippen molar-refractivity contribution in [2.75, 3.05) is 0 Å². The first kappa shape index (κ1) is 8.84. The second-order valence-electron chi connectivity index (χ2n) is 2.21. The Kier molecular flexibility index (Phi) is 2.62. The Morgan fingerprint density at radius 1 is 1.50 bits per heavy atom. The standard InChI is InChI=1S/C6H4BrIN3P/c7-6-1-4-2-10-11(12-8)5(4)3-9-6/h1-3,12H. The van der Waals surface area contributed by atoms with E-state index in [0.717, 1.165) is 15.5 Å². The molecule has 0 saturated heterocycles. The minimum atomic E-state index is 0.625. The molecule has 0 aliphatic heterocycles.